The molecule has 2 aliphatic heterocycles. The highest BCUT2D eigenvalue weighted by Gasteiger charge is 2.46. The number of aromatic amines is 1. The first-order chi connectivity index (χ1) is 23.4. The summed E-state index contributed by atoms with van der Waals surface area (Å²) < 4.78 is 0. The zero-order valence-corrected chi connectivity index (χ0v) is 28.7. The summed E-state index contributed by atoms with van der Waals surface area (Å²) >= 11 is 3.96. The second-order valence-corrected chi connectivity index (χ2v) is 13.9. The lowest BCUT2D eigenvalue weighted by Crippen LogP contribution is -2.64. The molecule has 20 heteroatoms. The van der Waals surface area contributed by atoms with Crippen LogP contribution in [-0.4, -0.2) is 138 Å². The van der Waals surface area contributed by atoms with Crippen LogP contribution in [0.5, 0.6) is 0 Å². The molecule has 2 aliphatic rings. The summed E-state index contributed by atoms with van der Waals surface area (Å²) in [5, 5.41) is 55.9. The normalized spacial score (nSPS) is 24.9. The topological polar surface area (TPSA) is 316 Å². The maximum Gasteiger partial charge on any atom is 0.451 e. The Labute approximate surface area is 296 Å². The third-order valence-corrected chi connectivity index (χ3v) is 9.69. The van der Waals surface area contributed by atoms with Crippen LogP contribution in [0.15, 0.2) is 30.5 Å². The van der Waals surface area contributed by atoms with Gasteiger partial charge >= 0.3 is 26.2 Å². The van der Waals surface area contributed by atoms with Gasteiger partial charge in [0.25, 0.3) is 0 Å². The molecule has 50 heavy (non-hydrogen) atoms. The van der Waals surface area contributed by atoms with Crippen molar-refractivity contribution in [3.05, 3.63) is 36.0 Å². The predicted octanol–water partition coefficient (Wildman–Crippen LogP) is -2.73. The summed E-state index contributed by atoms with van der Waals surface area (Å²) in [7, 11) is -2.95. The van der Waals surface area contributed by atoms with E-state index in [2.05, 4.69) is 17.6 Å². The SMILES string of the molecule is N[C@@H](CS)C(=O)N1C[C@@H](CCB(O)O)C[C@](N)(C(=O)O)C1.N[C@@H](Cc1c[nH]c2ccccc12)C(=O)N1C[C@@H](CCB(O)O)C[C@](N)(C(=O)O)C1. The number of thiol groups is 1. The van der Waals surface area contributed by atoms with Crippen LogP contribution < -0.4 is 22.9 Å². The molecule has 2 fully saturated rings. The zero-order chi connectivity index (χ0) is 37.4. The van der Waals surface area contributed by atoms with Crippen molar-refractivity contribution >= 4 is 61.5 Å². The molecule has 6 atom stereocenters. The van der Waals surface area contributed by atoms with Crippen LogP contribution in [0.25, 0.3) is 10.9 Å². The van der Waals surface area contributed by atoms with E-state index in [4.69, 9.17) is 43.0 Å². The summed E-state index contributed by atoms with van der Waals surface area (Å²) in [6.07, 6.45) is 3.37. The molecular weight excluding hydrogens is 672 g/mol. The molecule has 4 rings (SSSR count). The van der Waals surface area contributed by atoms with Crippen molar-refractivity contribution < 1.29 is 49.5 Å². The highest BCUT2D eigenvalue weighted by Crippen LogP contribution is 2.30. The zero-order valence-electron chi connectivity index (χ0n) is 27.8. The van der Waals surface area contributed by atoms with Crippen molar-refractivity contribution in [2.75, 3.05) is 31.9 Å². The van der Waals surface area contributed by atoms with Crippen LogP contribution in [0.3, 0.4) is 0 Å². The summed E-state index contributed by atoms with van der Waals surface area (Å²) in [4.78, 5) is 54.1. The van der Waals surface area contributed by atoms with Gasteiger partial charge in [0.2, 0.25) is 11.8 Å². The van der Waals surface area contributed by atoms with Gasteiger partial charge in [-0.2, -0.15) is 12.6 Å². The average molecular weight is 721 g/mol. The molecule has 15 N–H and O–H groups in total. The fourth-order valence-electron chi connectivity index (χ4n) is 6.70. The number of likely N-dealkylation sites (tertiary alicyclic amines) is 2. The standard InChI is InChI=1S/C19H27BN4O5.C11H22BN3O5S/c21-15(7-13-9-23-16-4-2-1-3-14(13)16)17(25)24-10-12(5-6-20(28)29)8-19(22,11-24)18(26)27;13-8(5-21)9(16)15-4-7(1-2-12(19)20)3-11(14,6-15)10(17)18/h1-4,9,12,15,23,28-29H,5-8,10-11,21-22H2,(H,26,27);7-8,19-21H,1-6,13-14H2,(H,17,18)/t12-,15-,19+;7-,8-,11+/m00/s1. The van der Waals surface area contributed by atoms with E-state index in [1.807, 2.05) is 30.5 Å². The van der Waals surface area contributed by atoms with Gasteiger partial charge in [-0.1, -0.05) is 31.0 Å². The average Bonchev–Trinajstić information content (AvgIpc) is 3.47. The van der Waals surface area contributed by atoms with Crippen molar-refractivity contribution in [2.24, 2.45) is 34.8 Å². The smallest absolute Gasteiger partial charge is 0.451 e. The van der Waals surface area contributed by atoms with Gasteiger partial charge in [-0.25, -0.2) is 0 Å². The van der Waals surface area contributed by atoms with Gasteiger partial charge in [0.05, 0.1) is 12.1 Å². The van der Waals surface area contributed by atoms with Gasteiger partial charge in [-0.05, 0) is 55.4 Å². The van der Waals surface area contributed by atoms with E-state index in [9.17, 15) is 29.4 Å². The van der Waals surface area contributed by atoms with Crippen LogP contribution in [0.2, 0.25) is 12.6 Å². The van der Waals surface area contributed by atoms with Gasteiger partial charge in [0, 0.05) is 49.0 Å². The second-order valence-electron chi connectivity index (χ2n) is 13.6. The minimum atomic E-state index is -1.58. The number of nitrogens with two attached hydrogens (primary N) is 4. The van der Waals surface area contributed by atoms with E-state index in [1.54, 1.807) is 0 Å². The first kappa shape index (κ1) is 41.2. The van der Waals surface area contributed by atoms with E-state index in [-0.39, 0.29) is 62.1 Å². The molecule has 2 saturated heterocycles. The molecule has 17 nitrogen and oxygen atoms in total. The minimum absolute atomic E-state index is 0.0871. The van der Waals surface area contributed by atoms with E-state index in [0.29, 0.717) is 32.4 Å². The van der Waals surface area contributed by atoms with Crippen LogP contribution in [-0.2, 0) is 25.6 Å². The van der Waals surface area contributed by atoms with Crippen molar-refractivity contribution in [1.29, 1.82) is 0 Å². The van der Waals surface area contributed by atoms with Crippen molar-refractivity contribution in [1.82, 2.24) is 14.8 Å². The number of nitrogens with zero attached hydrogens (tertiary/aromatic N) is 2. The van der Waals surface area contributed by atoms with Crippen molar-refractivity contribution in [2.45, 2.75) is 67.9 Å². The molecule has 0 saturated carbocycles. The number of carbonyl (C=O) groups is 4. The number of amides is 2. The Morgan fingerprint density at radius 3 is 1.74 bits per heavy atom. The summed E-state index contributed by atoms with van der Waals surface area (Å²) in [6, 6.07) is 6.06. The number of nitrogens with one attached hydrogen (secondary N) is 1. The number of para-hydroxylation sites is 1. The number of hydrogen-bond donors (Lipinski definition) is 12. The number of carboxylic acid groups (broad SMARTS) is 2. The maximum atomic E-state index is 13.0. The maximum absolute atomic E-state index is 13.0. The summed E-state index contributed by atoms with van der Waals surface area (Å²) in [5.74, 6) is -3.45. The molecule has 0 radical (unpaired) electrons. The lowest BCUT2D eigenvalue weighted by Gasteiger charge is -2.42. The molecular formula is C30H49B2N7O10S. The monoisotopic (exact) mass is 721 g/mol. The van der Waals surface area contributed by atoms with Gasteiger partial charge in [0.1, 0.15) is 11.1 Å². The molecule has 1 aromatic carbocycles. The molecule has 0 bridgehead atoms. The first-order valence-corrected chi connectivity index (χ1v) is 17.0. The number of rotatable bonds is 13. The van der Waals surface area contributed by atoms with Gasteiger partial charge < -0.3 is 68.0 Å². The molecule has 2 amide bonds. The third-order valence-electron chi connectivity index (χ3n) is 9.30. The number of H-pyrrole nitrogens is 1. The largest absolute Gasteiger partial charge is 0.480 e. The molecule has 3 heterocycles. The molecule has 0 aliphatic carbocycles. The summed E-state index contributed by atoms with van der Waals surface area (Å²) in [6.45, 7) is 0.361. The third kappa shape index (κ3) is 10.9. The number of carboxylic acids is 2. The number of piperidine rings is 2. The predicted molar refractivity (Wildman–Crippen MR) is 190 cm³/mol. The Hall–Kier alpha value is -3.20. The van der Waals surface area contributed by atoms with E-state index < -0.39 is 55.2 Å². The van der Waals surface area contributed by atoms with Crippen LogP contribution in [0.4, 0.5) is 0 Å². The van der Waals surface area contributed by atoms with Gasteiger partial charge in [-0.3, -0.25) is 19.2 Å². The Morgan fingerprint density at radius 1 is 0.840 bits per heavy atom. The van der Waals surface area contributed by atoms with Gasteiger partial charge in [0.15, 0.2) is 0 Å². The molecule has 2 aromatic rings. The fraction of sp³-hybridized carbons (Fsp3) is 0.600. The number of fused-ring (bicyclic) bond motifs is 1. The lowest BCUT2D eigenvalue weighted by molar-refractivity contribution is -0.151. The first-order valence-electron chi connectivity index (χ1n) is 16.4. The summed E-state index contributed by atoms with van der Waals surface area (Å²) in [5.41, 5.74) is 22.5. The van der Waals surface area contributed by atoms with Crippen LogP contribution in [0.1, 0.15) is 31.2 Å². The molecule has 1 aromatic heterocycles. The Balaban J connectivity index is 0.000000286. The molecule has 0 spiro atoms. The van der Waals surface area contributed by atoms with Crippen molar-refractivity contribution in [3.63, 3.8) is 0 Å². The minimum Gasteiger partial charge on any atom is -0.480 e. The van der Waals surface area contributed by atoms with E-state index in [1.165, 1.54) is 9.80 Å². The Kier molecular flexibility index (Phi) is 14.7. The van der Waals surface area contributed by atoms with E-state index in [0.717, 1.165) is 16.5 Å². The number of hydrogen-bond acceptors (Lipinski definition) is 13. The quantitative estimate of drug-likeness (QED) is 0.0739. The highest BCUT2D eigenvalue weighted by atomic mass is 32.1. The van der Waals surface area contributed by atoms with E-state index >= 15 is 0 Å². The number of aromatic nitrogens is 1. The Bertz CT molecular complexity index is 1490. The van der Waals surface area contributed by atoms with Crippen molar-refractivity contribution in [3.8, 4) is 0 Å². The Morgan fingerprint density at radius 2 is 1.30 bits per heavy atom. The number of benzene rings is 1. The molecule has 276 valence electrons. The van der Waals surface area contributed by atoms with Crippen LogP contribution in [0, 0.1) is 11.8 Å². The highest BCUT2D eigenvalue weighted by molar-refractivity contribution is 7.80. The number of aliphatic carboxylic acids is 2. The lowest BCUT2D eigenvalue weighted by atomic mass is 9.75. The van der Waals surface area contributed by atoms with Crippen LogP contribution >= 0.6 is 12.6 Å². The molecule has 0 unspecified atom stereocenters. The number of carbonyl (C=O) groups excluding carboxylic acids is 2. The second kappa shape index (κ2) is 17.8. The van der Waals surface area contributed by atoms with Gasteiger partial charge in [-0.15, -0.1) is 0 Å². The fourth-order valence-corrected chi connectivity index (χ4v) is 6.85.